The summed E-state index contributed by atoms with van der Waals surface area (Å²) in [5.74, 6) is 0.822. The van der Waals surface area contributed by atoms with Crippen LogP contribution in [0.4, 0.5) is 0 Å². The first-order chi connectivity index (χ1) is 9.36. The molecule has 3 heteroatoms. The molecule has 2 nitrogen and oxygen atoms in total. The number of methoxy groups -OCH3 is 1. The summed E-state index contributed by atoms with van der Waals surface area (Å²) in [5.41, 5.74) is 10.3. The van der Waals surface area contributed by atoms with Gasteiger partial charge in [-0.05, 0) is 55.7 Å². The minimum absolute atomic E-state index is 0.631. The van der Waals surface area contributed by atoms with Gasteiger partial charge in [-0.1, -0.05) is 29.8 Å². The van der Waals surface area contributed by atoms with Crippen LogP contribution < -0.4 is 10.5 Å². The second kappa shape index (κ2) is 5.47. The van der Waals surface area contributed by atoms with Gasteiger partial charge < -0.3 is 10.5 Å². The Morgan fingerprint density at radius 2 is 1.70 bits per heavy atom. The van der Waals surface area contributed by atoms with E-state index in [4.69, 9.17) is 22.1 Å². The van der Waals surface area contributed by atoms with Crippen molar-refractivity contribution in [2.75, 3.05) is 7.11 Å². The molecule has 0 bridgehead atoms. The topological polar surface area (TPSA) is 35.2 Å². The van der Waals surface area contributed by atoms with Crippen LogP contribution in [0.5, 0.6) is 5.75 Å². The summed E-state index contributed by atoms with van der Waals surface area (Å²) in [6, 6.07) is 11.8. The summed E-state index contributed by atoms with van der Waals surface area (Å²) in [7, 11) is 1.68. The predicted octanol–water partition coefficient (Wildman–Crippen LogP) is 4.19. The maximum absolute atomic E-state index is 6.61. The highest BCUT2D eigenvalue weighted by molar-refractivity contribution is 6.30. The molecule has 0 aliphatic heterocycles. The van der Waals surface area contributed by atoms with Gasteiger partial charge in [0.05, 0.1) is 12.6 Å². The van der Waals surface area contributed by atoms with E-state index >= 15 is 0 Å². The first-order valence-corrected chi connectivity index (χ1v) is 6.94. The molecule has 1 unspecified atom stereocenters. The Morgan fingerprint density at radius 1 is 1.10 bits per heavy atom. The van der Waals surface area contributed by atoms with Crippen LogP contribution in [-0.2, 0) is 5.54 Å². The minimum Gasteiger partial charge on any atom is -0.496 e. The van der Waals surface area contributed by atoms with Gasteiger partial charge in [0, 0.05) is 10.6 Å². The van der Waals surface area contributed by atoms with Crippen molar-refractivity contribution in [1.82, 2.24) is 0 Å². The van der Waals surface area contributed by atoms with Crippen LogP contribution in [0.25, 0.3) is 0 Å². The zero-order valence-electron chi connectivity index (χ0n) is 12.3. The quantitative estimate of drug-likeness (QED) is 0.919. The minimum atomic E-state index is -0.631. The third kappa shape index (κ3) is 2.67. The fourth-order valence-electron chi connectivity index (χ4n) is 2.70. The maximum Gasteiger partial charge on any atom is 0.124 e. The Kier molecular flexibility index (Phi) is 4.07. The van der Waals surface area contributed by atoms with Gasteiger partial charge in [0.2, 0.25) is 0 Å². The first-order valence-electron chi connectivity index (χ1n) is 6.57. The van der Waals surface area contributed by atoms with Gasteiger partial charge >= 0.3 is 0 Å². The number of hydrogen-bond donors (Lipinski definition) is 1. The lowest BCUT2D eigenvalue weighted by Gasteiger charge is -2.30. The summed E-state index contributed by atoms with van der Waals surface area (Å²) in [4.78, 5) is 0. The van der Waals surface area contributed by atoms with Crippen LogP contribution in [0.15, 0.2) is 36.4 Å². The molecule has 106 valence electrons. The summed E-state index contributed by atoms with van der Waals surface area (Å²) >= 11 is 5.95. The Hall–Kier alpha value is -1.51. The van der Waals surface area contributed by atoms with E-state index in [1.54, 1.807) is 7.11 Å². The summed E-state index contributed by atoms with van der Waals surface area (Å²) in [6.45, 7) is 6.11. The van der Waals surface area contributed by atoms with Crippen molar-refractivity contribution in [3.05, 3.63) is 63.7 Å². The zero-order valence-corrected chi connectivity index (χ0v) is 13.1. The van der Waals surface area contributed by atoms with Gasteiger partial charge in [0.25, 0.3) is 0 Å². The largest absolute Gasteiger partial charge is 0.496 e. The zero-order chi connectivity index (χ0) is 14.9. The molecule has 0 aliphatic rings. The van der Waals surface area contributed by atoms with Crippen molar-refractivity contribution in [3.63, 3.8) is 0 Å². The van der Waals surface area contributed by atoms with Crippen molar-refractivity contribution in [2.24, 2.45) is 5.73 Å². The third-order valence-corrected chi connectivity index (χ3v) is 3.88. The molecule has 0 aliphatic carbocycles. The SMILES string of the molecule is COc1cc(C)cc(C)c1C(C)(N)c1ccc(Cl)cc1. The third-order valence-electron chi connectivity index (χ3n) is 3.63. The fraction of sp³-hybridized carbons (Fsp3) is 0.294. The fourth-order valence-corrected chi connectivity index (χ4v) is 2.82. The van der Waals surface area contributed by atoms with Crippen LogP contribution in [0.1, 0.15) is 29.2 Å². The normalized spacial score (nSPS) is 13.9. The molecular weight excluding hydrogens is 270 g/mol. The number of benzene rings is 2. The number of hydrogen-bond acceptors (Lipinski definition) is 2. The molecule has 2 N–H and O–H groups in total. The van der Waals surface area contributed by atoms with E-state index < -0.39 is 5.54 Å². The summed E-state index contributed by atoms with van der Waals surface area (Å²) < 4.78 is 5.53. The van der Waals surface area contributed by atoms with E-state index in [-0.39, 0.29) is 0 Å². The molecule has 20 heavy (non-hydrogen) atoms. The maximum atomic E-state index is 6.61. The van der Waals surface area contributed by atoms with Gasteiger partial charge in [0.15, 0.2) is 0 Å². The van der Waals surface area contributed by atoms with Crippen molar-refractivity contribution >= 4 is 11.6 Å². The average Bonchev–Trinajstić information content (AvgIpc) is 2.37. The second-order valence-corrected chi connectivity index (χ2v) is 5.80. The van der Waals surface area contributed by atoms with Crippen molar-refractivity contribution in [3.8, 4) is 5.75 Å². The van der Waals surface area contributed by atoms with Crippen LogP contribution in [0.3, 0.4) is 0 Å². The van der Waals surface area contributed by atoms with Gasteiger partial charge in [-0.15, -0.1) is 0 Å². The molecule has 0 saturated carbocycles. The second-order valence-electron chi connectivity index (χ2n) is 5.37. The Balaban J connectivity index is 2.62. The molecule has 0 fully saturated rings. The van der Waals surface area contributed by atoms with E-state index in [0.717, 1.165) is 28.0 Å². The molecular formula is C17H20ClNO. The standard InChI is InChI=1S/C17H20ClNO/c1-11-9-12(2)16(15(10-11)20-4)17(3,19)13-5-7-14(18)8-6-13/h5-10H,19H2,1-4H3. The van der Waals surface area contributed by atoms with Crippen LogP contribution >= 0.6 is 11.6 Å². The van der Waals surface area contributed by atoms with E-state index in [0.29, 0.717) is 5.02 Å². The summed E-state index contributed by atoms with van der Waals surface area (Å²) in [6.07, 6.45) is 0. The molecule has 0 amide bonds. The predicted molar refractivity (Wildman–Crippen MR) is 84.6 cm³/mol. The molecule has 0 spiro atoms. The first kappa shape index (κ1) is 14.9. The van der Waals surface area contributed by atoms with Gasteiger partial charge in [-0.25, -0.2) is 0 Å². The van der Waals surface area contributed by atoms with Crippen LogP contribution in [0, 0.1) is 13.8 Å². The molecule has 2 aromatic rings. The monoisotopic (exact) mass is 289 g/mol. The number of ether oxygens (including phenoxy) is 1. The molecule has 0 heterocycles. The van der Waals surface area contributed by atoms with Crippen molar-refractivity contribution in [1.29, 1.82) is 0 Å². The summed E-state index contributed by atoms with van der Waals surface area (Å²) in [5, 5.41) is 0.706. The molecule has 0 saturated heterocycles. The van der Waals surface area contributed by atoms with E-state index in [1.807, 2.05) is 37.3 Å². The Bertz CT molecular complexity index is 618. The lowest BCUT2D eigenvalue weighted by molar-refractivity contribution is 0.397. The van der Waals surface area contributed by atoms with E-state index in [9.17, 15) is 0 Å². The smallest absolute Gasteiger partial charge is 0.124 e. The van der Waals surface area contributed by atoms with E-state index in [1.165, 1.54) is 0 Å². The number of aryl methyl sites for hydroxylation is 2. The highest BCUT2D eigenvalue weighted by Crippen LogP contribution is 2.37. The van der Waals surface area contributed by atoms with Crippen molar-refractivity contribution in [2.45, 2.75) is 26.3 Å². The number of halogens is 1. The van der Waals surface area contributed by atoms with Crippen molar-refractivity contribution < 1.29 is 4.74 Å². The average molecular weight is 290 g/mol. The lowest BCUT2D eigenvalue weighted by atomic mass is 9.82. The Labute approximate surface area is 125 Å². The molecule has 0 aromatic heterocycles. The highest BCUT2D eigenvalue weighted by Gasteiger charge is 2.29. The lowest BCUT2D eigenvalue weighted by Crippen LogP contribution is -2.35. The van der Waals surface area contributed by atoms with E-state index in [2.05, 4.69) is 19.9 Å². The van der Waals surface area contributed by atoms with Crippen LogP contribution in [0.2, 0.25) is 5.02 Å². The van der Waals surface area contributed by atoms with Gasteiger partial charge in [-0.2, -0.15) is 0 Å². The molecule has 2 aromatic carbocycles. The van der Waals surface area contributed by atoms with Gasteiger partial charge in [0.1, 0.15) is 5.75 Å². The van der Waals surface area contributed by atoms with Crippen LogP contribution in [-0.4, -0.2) is 7.11 Å². The molecule has 0 radical (unpaired) electrons. The molecule has 1 atom stereocenters. The number of rotatable bonds is 3. The highest BCUT2D eigenvalue weighted by atomic mass is 35.5. The Morgan fingerprint density at radius 3 is 2.25 bits per heavy atom. The molecule has 2 rings (SSSR count). The number of nitrogens with two attached hydrogens (primary N) is 1. The van der Waals surface area contributed by atoms with Gasteiger partial charge in [-0.3, -0.25) is 0 Å².